The van der Waals surface area contributed by atoms with Gasteiger partial charge in [0.2, 0.25) is 0 Å². The number of hydrogen-bond donors (Lipinski definition) is 1. The molecule has 14 heavy (non-hydrogen) atoms. The smallest absolute Gasteiger partial charge is 0.207 e. The predicted molar refractivity (Wildman–Crippen MR) is 56.2 cm³/mol. The maximum Gasteiger partial charge on any atom is 0.262 e. The lowest BCUT2D eigenvalue weighted by Gasteiger charge is -2.03. The van der Waals surface area contributed by atoms with Gasteiger partial charge in [-0.05, 0) is 24.6 Å². The van der Waals surface area contributed by atoms with Crippen LogP contribution in [-0.4, -0.2) is 8.42 Å². The first-order chi connectivity index (χ1) is 6.36. The molecular weight excluding hydrogens is 242 g/mol. The van der Waals surface area contributed by atoms with E-state index in [4.69, 9.17) is 15.9 Å². The summed E-state index contributed by atoms with van der Waals surface area (Å²) in [6.07, 6.45) is 0. The summed E-state index contributed by atoms with van der Waals surface area (Å²) in [6.45, 7) is 1.64. The number of aryl methyl sites for hydroxylation is 1. The monoisotopic (exact) mass is 247 g/mol. The molecule has 3 nitrogen and oxygen atoms in total. The lowest BCUT2D eigenvalue weighted by atomic mass is 10.1. The maximum absolute atomic E-state index is 11.0. The minimum Gasteiger partial charge on any atom is -0.207 e. The van der Waals surface area contributed by atoms with E-state index in [0.717, 1.165) is 0 Å². The van der Waals surface area contributed by atoms with E-state index in [1.807, 2.05) is 6.07 Å². The fourth-order valence-electron chi connectivity index (χ4n) is 0.986. The maximum atomic E-state index is 11.0. The molecule has 0 aliphatic carbocycles. The van der Waals surface area contributed by atoms with Crippen LogP contribution in [0.2, 0.25) is 0 Å². The summed E-state index contributed by atoms with van der Waals surface area (Å²) in [7, 11) is 1.38. The summed E-state index contributed by atoms with van der Waals surface area (Å²) in [6, 6.07) is 4.65. The molecule has 0 bridgehead atoms. The van der Waals surface area contributed by atoms with E-state index >= 15 is 0 Å². The van der Waals surface area contributed by atoms with E-state index in [2.05, 4.69) is 12.6 Å². The first-order valence-corrected chi connectivity index (χ1v) is 6.30. The van der Waals surface area contributed by atoms with Gasteiger partial charge in [0.15, 0.2) is 0 Å². The third-order valence-corrected chi connectivity index (χ3v) is 3.57. The zero-order valence-corrected chi connectivity index (χ0v) is 9.62. The third-order valence-electron chi connectivity index (χ3n) is 1.69. The van der Waals surface area contributed by atoms with Gasteiger partial charge in [0, 0.05) is 15.6 Å². The van der Waals surface area contributed by atoms with Gasteiger partial charge in [-0.2, -0.15) is 5.26 Å². The van der Waals surface area contributed by atoms with Crippen LogP contribution < -0.4 is 0 Å². The summed E-state index contributed by atoms with van der Waals surface area (Å²) in [5.74, 6) is 0. The molecule has 0 aliphatic heterocycles. The molecule has 0 saturated carbocycles. The largest absolute Gasteiger partial charge is 0.262 e. The van der Waals surface area contributed by atoms with Crippen molar-refractivity contribution < 1.29 is 8.42 Å². The minimum absolute atomic E-state index is 0.0704. The summed E-state index contributed by atoms with van der Waals surface area (Å²) >= 11 is 3.95. The molecule has 74 valence electrons. The van der Waals surface area contributed by atoms with Crippen LogP contribution in [0.3, 0.4) is 0 Å². The number of rotatable bonds is 1. The third kappa shape index (κ3) is 2.21. The van der Waals surface area contributed by atoms with E-state index in [0.29, 0.717) is 11.1 Å². The van der Waals surface area contributed by atoms with E-state index in [1.54, 1.807) is 6.92 Å². The Hall–Kier alpha value is -0.700. The number of nitriles is 1. The average Bonchev–Trinajstić information content (AvgIpc) is 2.06. The quantitative estimate of drug-likeness (QED) is 0.611. The van der Waals surface area contributed by atoms with E-state index in [9.17, 15) is 8.42 Å². The normalized spacial score (nSPS) is 11.0. The lowest BCUT2D eigenvalue weighted by molar-refractivity contribution is 0.607. The fourth-order valence-corrected chi connectivity index (χ4v) is 2.71. The predicted octanol–water partition coefficient (Wildman–Crippen LogP) is 2.08. The van der Waals surface area contributed by atoms with Crippen molar-refractivity contribution >= 4 is 32.4 Å². The van der Waals surface area contributed by atoms with Crippen LogP contribution in [0, 0.1) is 18.3 Å². The van der Waals surface area contributed by atoms with Gasteiger partial charge < -0.3 is 0 Å². The second-order valence-corrected chi connectivity index (χ2v) is 5.70. The lowest BCUT2D eigenvalue weighted by Crippen LogP contribution is -1.95. The van der Waals surface area contributed by atoms with Crippen LogP contribution in [-0.2, 0) is 9.05 Å². The Balaban J connectivity index is 3.54. The molecule has 0 aromatic heterocycles. The number of nitrogens with zero attached hydrogens (tertiary/aromatic N) is 1. The molecule has 6 heteroatoms. The summed E-state index contributed by atoms with van der Waals surface area (Å²) in [5, 5.41) is 8.67. The highest BCUT2D eigenvalue weighted by molar-refractivity contribution is 8.14. The van der Waals surface area contributed by atoms with Crippen molar-refractivity contribution in [2.24, 2.45) is 0 Å². The Bertz CT molecular complexity index is 517. The molecule has 0 amide bonds. The molecule has 1 aromatic rings. The molecule has 0 saturated heterocycles. The summed E-state index contributed by atoms with van der Waals surface area (Å²) < 4.78 is 22.1. The van der Waals surface area contributed by atoms with Gasteiger partial charge in [0.05, 0.1) is 16.5 Å². The van der Waals surface area contributed by atoms with Gasteiger partial charge in [-0.3, -0.25) is 0 Å². The molecule has 0 atom stereocenters. The Morgan fingerprint density at radius 3 is 2.50 bits per heavy atom. The molecule has 0 aliphatic rings. The minimum atomic E-state index is -3.79. The van der Waals surface area contributed by atoms with Crippen LogP contribution in [0.15, 0.2) is 21.9 Å². The van der Waals surface area contributed by atoms with Crippen molar-refractivity contribution in [3.05, 3.63) is 23.3 Å². The van der Waals surface area contributed by atoms with Crippen LogP contribution in [0.1, 0.15) is 11.1 Å². The van der Waals surface area contributed by atoms with Crippen LogP contribution in [0.4, 0.5) is 0 Å². The second kappa shape index (κ2) is 3.81. The van der Waals surface area contributed by atoms with Crippen LogP contribution in [0.25, 0.3) is 0 Å². The van der Waals surface area contributed by atoms with E-state index in [1.165, 1.54) is 12.1 Å². The number of thiol groups is 1. The number of halogens is 1. The fraction of sp³-hybridized carbons (Fsp3) is 0.125. The van der Waals surface area contributed by atoms with Crippen LogP contribution >= 0.6 is 23.3 Å². The standard InChI is InChI=1S/C8H6ClNO2S2/c1-5-2-8(14(9,11)12)7(13)3-6(5)4-10/h2-3,13H,1H3. The van der Waals surface area contributed by atoms with Gasteiger partial charge in [0.25, 0.3) is 9.05 Å². The van der Waals surface area contributed by atoms with Crippen LogP contribution in [0.5, 0.6) is 0 Å². The zero-order chi connectivity index (χ0) is 10.9. The molecule has 0 spiro atoms. The summed E-state index contributed by atoms with van der Waals surface area (Å²) in [4.78, 5) is 0.112. The topological polar surface area (TPSA) is 57.9 Å². The number of benzene rings is 1. The van der Waals surface area contributed by atoms with E-state index < -0.39 is 9.05 Å². The van der Waals surface area contributed by atoms with Crippen molar-refractivity contribution in [2.45, 2.75) is 16.7 Å². The van der Waals surface area contributed by atoms with Crippen molar-refractivity contribution in [2.75, 3.05) is 0 Å². The molecular formula is C8H6ClNO2S2. The molecule has 0 unspecified atom stereocenters. The Morgan fingerprint density at radius 1 is 1.50 bits per heavy atom. The van der Waals surface area contributed by atoms with Gasteiger partial charge >= 0.3 is 0 Å². The van der Waals surface area contributed by atoms with Crippen molar-refractivity contribution in [1.29, 1.82) is 5.26 Å². The molecule has 1 rings (SSSR count). The van der Waals surface area contributed by atoms with Gasteiger partial charge in [0.1, 0.15) is 0 Å². The summed E-state index contributed by atoms with van der Waals surface area (Å²) in [5.41, 5.74) is 0.948. The zero-order valence-electron chi connectivity index (χ0n) is 7.15. The first kappa shape index (κ1) is 11.4. The van der Waals surface area contributed by atoms with Gasteiger partial charge in [-0.25, -0.2) is 8.42 Å². The highest BCUT2D eigenvalue weighted by atomic mass is 35.7. The highest BCUT2D eigenvalue weighted by Crippen LogP contribution is 2.26. The molecule has 0 radical (unpaired) electrons. The Labute approximate surface area is 92.1 Å². The Morgan fingerprint density at radius 2 is 2.07 bits per heavy atom. The second-order valence-electron chi connectivity index (χ2n) is 2.68. The highest BCUT2D eigenvalue weighted by Gasteiger charge is 2.15. The Kier molecular flexibility index (Phi) is 3.10. The SMILES string of the molecule is Cc1cc(S(=O)(=O)Cl)c(S)cc1C#N. The van der Waals surface area contributed by atoms with Crippen molar-refractivity contribution in [3.8, 4) is 6.07 Å². The molecule has 1 aromatic carbocycles. The van der Waals surface area contributed by atoms with Gasteiger partial charge in [-0.15, -0.1) is 12.6 Å². The first-order valence-electron chi connectivity index (χ1n) is 3.54. The van der Waals surface area contributed by atoms with Gasteiger partial charge in [-0.1, -0.05) is 0 Å². The molecule has 0 N–H and O–H groups in total. The van der Waals surface area contributed by atoms with Crippen molar-refractivity contribution in [1.82, 2.24) is 0 Å². The molecule has 0 heterocycles. The number of hydrogen-bond acceptors (Lipinski definition) is 4. The average molecular weight is 248 g/mol. The van der Waals surface area contributed by atoms with E-state index in [-0.39, 0.29) is 9.79 Å². The molecule has 0 fully saturated rings. The van der Waals surface area contributed by atoms with Crippen molar-refractivity contribution in [3.63, 3.8) is 0 Å².